The lowest BCUT2D eigenvalue weighted by atomic mass is 10.2. The number of benzene rings is 1. The second kappa shape index (κ2) is 4.63. The Balaban J connectivity index is 2.18. The van der Waals surface area contributed by atoms with E-state index in [4.69, 9.17) is 9.52 Å². The van der Waals surface area contributed by atoms with Gasteiger partial charge in [-0.3, -0.25) is 4.90 Å². The Kier molecular flexibility index (Phi) is 3.22. The van der Waals surface area contributed by atoms with Gasteiger partial charge in [-0.15, -0.1) is 0 Å². The van der Waals surface area contributed by atoms with Gasteiger partial charge >= 0.3 is 0 Å². The van der Waals surface area contributed by atoms with Crippen LogP contribution in [0.1, 0.15) is 11.5 Å². The maximum atomic E-state index is 8.82. The third kappa shape index (κ3) is 2.40. The van der Waals surface area contributed by atoms with Crippen molar-refractivity contribution in [1.82, 2.24) is 9.88 Å². The molecule has 2 rings (SSSR count). The van der Waals surface area contributed by atoms with Crippen molar-refractivity contribution in [2.75, 3.05) is 20.2 Å². The van der Waals surface area contributed by atoms with Gasteiger partial charge in [0.15, 0.2) is 11.5 Å². The minimum Gasteiger partial charge on any atom is -0.441 e. The molecule has 0 spiro atoms. The molecule has 0 aliphatic heterocycles. The van der Waals surface area contributed by atoms with Gasteiger partial charge in [-0.1, -0.05) is 6.07 Å². The lowest BCUT2D eigenvalue weighted by Gasteiger charge is -2.14. The van der Waals surface area contributed by atoms with Gasteiger partial charge in [-0.05, 0) is 24.7 Å². The molecule has 2 aromatic rings. The predicted molar refractivity (Wildman–Crippen MR) is 62.2 cm³/mol. The third-order valence-corrected chi connectivity index (χ3v) is 2.49. The Morgan fingerprint density at radius 1 is 1.44 bits per heavy atom. The molecule has 1 heterocycles. The third-order valence-electron chi connectivity index (χ3n) is 2.49. The van der Waals surface area contributed by atoms with Crippen LogP contribution in [0, 0.1) is 6.92 Å². The van der Waals surface area contributed by atoms with Gasteiger partial charge in [0.1, 0.15) is 5.52 Å². The van der Waals surface area contributed by atoms with E-state index in [-0.39, 0.29) is 6.61 Å². The maximum Gasteiger partial charge on any atom is 0.192 e. The topological polar surface area (TPSA) is 49.5 Å². The second-order valence-electron chi connectivity index (χ2n) is 4.00. The highest BCUT2D eigenvalue weighted by Gasteiger charge is 2.04. The average molecular weight is 220 g/mol. The van der Waals surface area contributed by atoms with Crippen molar-refractivity contribution in [3.05, 3.63) is 29.7 Å². The van der Waals surface area contributed by atoms with Crippen molar-refractivity contribution >= 4 is 11.1 Å². The number of aryl methyl sites for hydroxylation is 1. The van der Waals surface area contributed by atoms with E-state index in [9.17, 15) is 0 Å². The van der Waals surface area contributed by atoms with Crippen LogP contribution in [0.5, 0.6) is 0 Å². The van der Waals surface area contributed by atoms with Gasteiger partial charge in [0, 0.05) is 20.0 Å². The molecule has 4 heteroatoms. The first-order chi connectivity index (χ1) is 7.69. The summed E-state index contributed by atoms with van der Waals surface area (Å²) in [5.41, 5.74) is 2.90. The van der Waals surface area contributed by atoms with Crippen LogP contribution in [0.15, 0.2) is 22.6 Å². The van der Waals surface area contributed by atoms with E-state index in [1.165, 1.54) is 5.56 Å². The molecule has 86 valence electrons. The molecule has 0 radical (unpaired) electrons. The number of rotatable bonds is 4. The molecule has 0 aliphatic carbocycles. The van der Waals surface area contributed by atoms with Crippen LogP contribution in [-0.4, -0.2) is 35.2 Å². The summed E-state index contributed by atoms with van der Waals surface area (Å²) < 4.78 is 5.41. The molecule has 0 unspecified atom stereocenters. The summed E-state index contributed by atoms with van der Waals surface area (Å²) in [6.07, 6.45) is 0. The van der Waals surface area contributed by atoms with Crippen LogP contribution in [0.25, 0.3) is 11.1 Å². The molecule has 0 fully saturated rings. The zero-order valence-electron chi connectivity index (χ0n) is 9.60. The maximum absolute atomic E-state index is 8.82. The number of nitrogens with zero attached hydrogens (tertiary/aromatic N) is 2. The normalized spacial score (nSPS) is 11.5. The highest BCUT2D eigenvalue weighted by Crippen LogP contribution is 2.17. The van der Waals surface area contributed by atoms with Gasteiger partial charge in [-0.25, -0.2) is 4.98 Å². The van der Waals surface area contributed by atoms with Crippen molar-refractivity contribution in [2.24, 2.45) is 0 Å². The molecule has 4 nitrogen and oxygen atoms in total. The first kappa shape index (κ1) is 11.1. The van der Waals surface area contributed by atoms with E-state index in [2.05, 4.69) is 9.88 Å². The highest BCUT2D eigenvalue weighted by molar-refractivity contribution is 5.73. The Labute approximate surface area is 94.5 Å². The van der Waals surface area contributed by atoms with Gasteiger partial charge in [0.2, 0.25) is 0 Å². The molecular weight excluding hydrogens is 204 g/mol. The summed E-state index contributed by atoms with van der Waals surface area (Å²) in [7, 11) is 1.98. The van der Waals surface area contributed by atoms with E-state index in [1.54, 1.807) is 0 Å². The van der Waals surface area contributed by atoms with Crippen molar-refractivity contribution in [1.29, 1.82) is 0 Å². The molecule has 16 heavy (non-hydrogen) atoms. The molecule has 0 atom stereocenters. The van der Waals surface area contributed by atoms with Gasteiger partial charge in [0.05, 0.1) is 6.61 Å². The smallest absolute Gasteiger partial charge is 0.192 e. The van der Waals surface area contributed by atoms with Crippen LogP contribution in [0.4, 0.5) is 0 Å². The Morgan fingerprint density at radius 2 is 2.25 bits per heavy atom. The number of likely N-dealkylation sites (N-methyl/N-ethyl adjacent to an activating group) is 1. The lowest BCUT2D eigenvalue weighted by molar-refractivity contribution is 0.217. The SMILES string of the molecule is Cc1nc2cc(CN(C)CCO)ccc2o1. The first-order valence-corrected chi connectivity index (χ1v) is 5.34. The molecule has 0 amide bonds. The quantitative estimate of drug-likeness (QED) is 0.849. The molecular formula is C12H16N2O2. The first-order valence-electron chi connectivity index (χ1n) is 5.34. The summed E-state index contributed by atoms with van der Waals surface area (Å²) in [5, 5.41) is 8.82. The number of aliphatic hydroxyl groups is 1. The predicted octanol–water partition coefficient (Wildman–Crippen LogP) is 1.56. The van der Waals surface area contributed by atoms with E-state index >= 15 is 0 Å². The minimum atomic E-state index is 0.182. The molecule has 1 aromatic carbocycles. The molecule has 1 N–H and O–H groups in total. The number of oxazole rings is 1. The van der Waals surface area contributed by atoms with Gasteiger partial charge in [0.25, 0.3) is 0 Å². The monoisotopic (exact) mass is 220 g/mol. The molecule has 0 saturated heterocycles. The van der Waals surface area contributed by atoms with E-state index in [0.717, 1.165) is 17.6 Å². The van der Waals surface area contributed by atoms with Gasteiger partial charge < -0.3 is 9.52 Å². The number of hydrogen-bond acceptors (Lipinski definition) is 4. The Morgan fingerprint density at radius 3 is 3.00 bits per heavy atom. The van der Waals surface area contributed by atoms with Gasteiger partial charge in [-0.2, -0.15) is 0 Å². The summed E-state index contributed by atoms with van der Waals surface area (Å²) in [5.74, 6) is 0.691. The minimum absolute atomic E-state index is 0.182. The summed E-state index contributed by atoms with van der Waals surface area (Å²) in [4.78, 5) is 6.36. The highest BCUT2D eigenvalue weighted by atomic mass is 16.3. The van der Waals surface area contributed by atoms with Crippen molar-refractivity contribution < 1.29 is 9.52 Å². The Bertz CT molecular complexity index is 479. The number of fused-ring (bicyclic) bond motifs is 1. The molecule has 0 saturated carbocycles. The standard InChI is InChI=1S/C12H16N2O2/c1-9-13-11-7-10(3-4-12(11)16-9)8-14(2)5-6-15/h3-4,7,15H,5-6,8H2,1-2H3. The fraction of sp³-hybridized carbons (Fsp3) is 0.417. The van der Waals surface area contributed by atoms with E-state index in [1.807, 2.05) is 32.2 Å². The molecule has 0 aliphatic rings. The van der Waals surface area contributed by atoms with Crippen molar-refractivity contribution in [3.63, 3.8) is 0 Å². The Hall–Kier alpha value is -1.39. The van der Waals surface area contributed by atoms with Crippen molar-refractivity contribution in [3.8, 4) is 0 Å². The lowest BCUT2D eigenvalue weighted by Crippen LogP contribution is -2.21. The summed E-state index contributed by atoms with van der Waals surface area (Å²) in [6, 6.07) is 6.00. The van der Waals surface area contributed by atoms with E-state index < -0.39 is 0 Å². The molecule has 1 aromatic heterocycles. The van der Waals surface area contributed by atoms with Crippen LogP contribution in [0.2, 0.25) is 0 Å². The fourth-order valence-electron chi connectivity index (χ4n) is 1.75. The zero-order valence-corrected chi connectivity index (χ0v) is 9.60. The fourth-order valence-corrected chi connectivity index (χ4v) is 1.75. The van der Waals surface area contributed by atoms with Crippen LogP contribution in [0.3, 0.4) is 0 Å². The number of aromatic nitrogens is 1. The summed E-state index contributed by atoms with van der Waals surface area (Å²) in [6.45, 7) is 3.51. The largest absolute Gasteiger partial charge is 0.441 e. The van der Waals surface area contributed by atoms with E-state index in [0.29, 0.717) is 12.4 Å². The van der Waals surface area contributed by atoms with Crippen LogP contribution in [-0.2, 0) is 6.54 Å². The average Bonchev–Trinajstić information content (AvgIpc) is 2.57. The second-order valence-corrected chi connectivity index (χ2v) is 4.00. The van der Waals surface area contributed by atoms with Crippen LogP contribution < -0.4 is 0 Å². The zero-order chi connectivity index (χ0) is 11.5. The number of aliphatic hydroxyl groups excluding tert-OH is 1. The van der Waals surface area contributed by atoms with Crippen molar-refractivity contribution in [2.45, 2.75) is 13.5 Å². The summed E-state index contributed by atoms with van der Waals surface area (Å²) >= 11 is 0. The van der Waals surface area contributed by atoms with Crippen LogP contribution >= 0.6 is 0 Å². The molecule has 0 bridgehead atoms. The number of hydrogen-bond donors (Lipinski definition) is 1.